The smallest absolute Gasteiger partial charge is 0.347 e. The van der Waals surface area contributed by atoms with Crippen LogP contribution in [0.1, 0.15) is 21.1 Å². The van der Waals surface area contributed by atoms with Crippen molar-refractivity contribution in [1.82, 2.24) is 14.7 Å². The summed E-state index contributed by atoms with van der Waals surface area (Å²) < 4.78 is 26.4. The molecule has 9 heteroatoms. The summed E-state index contributed by atoms with van der Waals surface area (Å²) in [5, 5.41) is 10.3. The lowest BCUT2D eigenvalue weighted by molar-refractivity contribution is 0.0698. The van der Waals surface area contributed by atoms with Gasteiger partial charge in [0.15, 0.2) is 0 Å². The number of aromatic carboxylic acids is 1. The number of hydrogen-bond acceptors (Lipinski definition) is 6. The molecule has 20 heavy (non-hydrogen) atoms. The molecule has 0 atom stereocenters. The summed E-state index contributed by atoms with van der Waals surface area (Å²) >= 11 is 0.861. The first kappa shape index (κ1) is 14.6. The normalized spacial score (nSPS) is 11.4. The molecule has 0 bridgehead atoms. The Morgan fingerprint density at radius 2 is 2.15 bits per heavy atom. The fourth-order valence-corrected chi connectivity index (χ4v) is 3.68. The van der Waals surface area contributed by atoms with E-state index in [1.165, 1.54) is 23.8 Å². The highest BCUT2D eigenvalue weighted by Crippen LogP contribution is 2.21. The van der Waals surface area contributed by atoms with Crippen molar-refractivity contribution in [3.8, 4) is 0 Å². The molecule has 0 radical (unpaired) electrons. The zero-order chi connectivity index (χ0) is 14.8. The minimum absolute atomic E-state index is 0.0511. The Balaban J connectivity index is 2.17. The number of thiophene rings is 1. The van der Waals surface area contributed by atoms with E-state index in [-0.39, 0.29) is 16.3 Å². The summed E-state index contributed by atoms with van der Waals surface area (Å²) in [6.45, 7) is 1.72. The van der Waals surface area contributed by atoms with E-state index in [0.29, 0.717) is 5.69 Å². The Kier molecular flexibility index (Phi) is 4.12. The zero-order valence-electron chi connectivity index (χ0n) is 10.4. The van der Waals surface area contributed by atoms with Gasteiger partial charge in [0.2, 0.25) is 10.0 Å². The molecule has 106 valence electrons. The number of carbonyl (C=O) groups is 1. The monoisotopic (exact) mass is 313 g/mol. The van der Waals surface area contributed by atoms with Crippen LogP contribution in [0.5, 0.6) is 0 Å². The first-order valence-electron chi connectivity index (χ1n) is 5.48. The molecule has 2 rings (SSSR count). The van der Waals surface area contributed by atoms with E-state index in [2.05, 4.69) is 14.7 Å². The van der Waals surface area contributed by atoms with Gasteiger partial charge in [0.25, 0.3) is 0 Å². The molecule has 7 nitrogen and oxygen atoms in total. The molecular weight excluding hydrogens is 302 g/mol. The zero-order valence-corrected chi connectivity index (χ0v) is 12.0. The van der Waals surface area contributed by atoms with Crippen LogP contribution in [0.25, 0.3) is 0 Å². The third kappa shape index (κ3) is 3.18. The predicted molar refractivity (Wildman–Crippen MR) is 72.1 cm³/mol. The molecule has 0 unspecified atom stereocenters. The van der Waals surface area contributed by atoms with Crippen molar-refractivity contribution in [2.75, 3.05) is 0 Å². The van der Waals surface area contributed by atoms with E-state index in [1.807, 2.05) is 0 Å². The Hall–Kier alpha value is -1.84. The second kappa shape index (κ2) is 5.65. The van der Waals surface area contributed by atoms with Crippen LogP contribution < -0.4 is 4.72 Å². The lowest BCUT2D eigenvalue weighted by atomic mass is 10.4. The van der Waals surface area contributed by atoms with Crippen LogP contribution in [0, 0.1) is 6.92 Å². The van der Waals surface area contributed by atoms with E-state index >= 15 is 0 Å². The minimum atomic E-state index is -3.89. The molecule has 0 aliphatic heterocycles. The van der Waals surface area contributed by atoms with Crippen LogP contribution in [0.15, 0.2) is 28.7 Å². The van der Waals surface area contributed by atoms with Crippen LogP contribution in [-0.2, 0) is 16.6 Å². The van der Waals surface area contributed by atoms with Crippen molar-refractivity contribution in [1.29, 1.82) is 0 Å². The van der Waals surface area contributed by atoms with Gasteiger partial charge in [-0.2, -0.15) is 0 Å². The molecule has 0 spiro atoms. The highest BCUT2D eigenvalue weighted by molar-refractivity contribution is 7.89. The summed E-state index contributed by atoms with van der Waals surface area (Å²) in [6.07, 6.45) is 2.99. The average Bonchev–Trinajstić information content (AvgIpc) is 2.88. The first-order valence-corrected chi connectivity index (χ1v) is 7.84. The quantitative estimate of drug-likeness (QED) is 0.853. The van der Waals surface area contributed by atoms with Gasteiger partial charge in [-0.25, -0.2) is 17.9 Å². The molecule has 0 aromatic carbocycles. The maximum absolute atomic E-state index is 12.0. The highest BCUT2D eigenvalue weighted by atomic mass is 32.2. The van der Waals surface area contributed by atoms with E-state index in [9.17, 15) is 13.2 Å². The Labute approximate surface area is 119 Å². The summed E-state index contributed by atoms with van der Waals surface area (Å²) in [4.78, 5) is 18.5. The third-order valence-corrected chi connectivity index (χ3v) is 4.87. The number of sulfonamides is 1. The van der Waals surface area contributed by atoms with Gasteiger partial charge in [-0.3, -0.25) is 9.97 Å². The largest absolute Gasteiger partial charge is 0.477 e. The van der Waals surface area contributed by atoms with E-state index in [1.54, 1.807) is 6.92 Å². The molecule has 2 N–H and O–H groups in total. The van der Waals surface area contributed by atoms with Gasteiger partial charge in [-0.1, -0.05) is 0 Å². The number of nitrogens with one attached hydrogen (secondary N) is 1. The molecule has 0 aliphatic rings. The van der Waals surface area contributed by atoms with Crippen molar-refractivity contribution >= 4 is 27.3 Å². The van der Waals surface area contributed by atoms with Crippen LogP contribution in [0.4, 0.5) is 0 Å². The number of nitrogens with zero attached hydrogens (tertiary/aromatic N) is 2. The standard InChI is InChI=1S/C11H11N3O4S2/c1-7-4-13-8(5-12-7)6-14-20(17,18)9-2-3-19-10(9)11(15)16/h2-5,14H,6H2,1H3,(H,15,16). The Morgan fingerprint density at radius 3 is 2.75 bits per heavy atom. The van der Waals surface area contributed by atoms with Crippen LogP contribution in [0.3, 0.4) is 0 Å². The van der Waals surface area contributed by atoms with E-state index in [4.69, 9.17) is 5.11 Å². The van der Waals surface area contributed by atoms with E-state index in [0.717, 1.165) is 17.0 Å². The summed E-state index contributed by atoms with van der Waals surface area (Å²) in [5.74, 6) is -1.27. The SMILES string of the molecule is Cc1cnc(CNS(=O)(=O)c2ccsc2C(=O)O)cn1. The van der Waals surface area contributed by atoms with Crippen LogP contribution in [0.2, 0.25) is 0 Å². The lowest BCUT2D eigenvalue weighted by Gasteiger charge is -2.05. The third-order valence-electron chi connectivity index (χ3n) is 2.39. The van der Waals surface area contributed by atoms with Gasteiger partial charge >= 0.3 is 5.97 Å². The number of rotatable bonds is 5. The molecule has 0 saturated heterocycles. The van der Waals surface area contributed by atoms with Crippen LogP contribution in [-0.4, -0.2) is 29.5 Å². The summed E-state index contributed by atoms with van der Waals surface area (Å²) in [7, 11) is -3.89. The molecular formula is C11H11N3O4S2. The van der Waals surface area contributed by atoms with Crippen molar-refractivity contribution < 1.29 is 18.3 Å². The fraction of sp³-hybridized carbons (Fsp3) is 0.182. The summed E-state index contributed by atoms with van der Waals surface area (Å²) in [6, 6.07) is 1.26. The van der Waals surface area contributed by atoms with Gasteiger partial charge < -0.3 is 5.11 Å². The minimum Gasteiger partial charge on any atom is -0.477 e. The average molecular weight is 313 g/mol. The lowest BCUT2D eigenvalue weighted by Crippen LogP contribution is -2.24. The first-order chi connectivity index (χ1) is 9.40. The second-order valence-electron chi connectivity index (χ2n) is 3.89. The molecule has 0 fully saturated rings. The van der Waals surface area contributed by atoms with Gasteiger partial charge in [0.1, 0.15) is 9.77 Å². The molecule has 2 heterocycles. The van der Waals surface area contributed by atoms with Crippen molar-refractivity contribution in [3.63, 3.8) is 0 Å². The summed E-state index contributed by atoms with van der Waals surface area (Å²) in [5.41, 5.74) is 1.17. The number of carboxylic acids is 1. The maximum atomic E-state index is 12.0. The van der Waals surface area contributed by atoms with Gasteiger partial charge in [-0.05, 0) is 18.4 Å². The highest BCUT2D eigenvalue weighted by Gasteiger charge is 2.23. The Morgan fingerprint density at radius 1 is 1.40 bits per heavy atom. The molecule has 0 saturated carbocycles. The van der Waals surface area contributed by atoms with Crippen molar-refractivity contribution in [3.05, 3.63) is 40.1 Å². The molecule has 2 aromatic heterocycles. The van der Waals surface area contributed by atoms with Gasteiger partial charge in [0, 0.05) is 6.20 Å². The predicted octanol–water partition coefficient (Wildman–Crippen LogP) is 1.02. The van der Waals surface area contributed by atoms with E-state index < -0.39 is 16.0 Å². The van der Waals surface area contributed by atoms with Gasteiger partial charge in [-0.15, -0.1) is 11.3 Å². The number of aromatic nitrogens is 2. The van der Waals surface area contributed by atoms with Crippen LogP contribution >= 0.6 is 11.3 Å². The van der Waals surface area contributed by atoms with Crippen molar-refractivity contribution in [2.45, 2.75) is 18.4 Å². The number of hydrogen-bond donors (Lipinski definition) is 2. The fourth-order valence-electron chi connectivity index (χ4n) is 1.42. The molecule has 2 aromatic rings. The maximum Gasteiger partial charge on any atom is 0.347 e. The topological polar surface area (TPSA) is 109 Å². The molecule has 0 amide bonds. The van der Waals surface area contributed by atoms with Crippen molar-refractivity contribution in [2.24, 2.45) is 0 Å². The second-order valence-corrected chi connectivity index (χ2v) is 6.54. The number of aryl methyl sites for hydroxylation is 1. The Bertz CT molecular complexity index is 722. The van der Waals surface area contributed by atoms with Gasteiger partial charge in [0.05, 0.1) is 24.1 Å². The number of carboxylic acid groups (broad SMARTS) is 1. The molecule has 0 aliphatic carbocycles.